The summed E-state index contributed by atoms with van der Waals surface area (Å²) in [6, 6.07) is 3.85. The van der Waals surface area contributed by atoms with Crippen LogP contribution in [0.1, 0.15) is 16.7 Å². The molecule has 0 atom stereocenters. The molecule has 0 saturated carbocycles. The maximum atomic E-state index is 10.8. The predicted octanol–water partition coefficient (Wildman–Crippen LogP) is 2.68. The van der Waals surface area contributed by atoms with Crippen molar-refractivity contribution in [3.05, 3.63) is 41.5 Å². The fourth-order valence-corrected chi connectivity index (χ4v) is 1.30. The van der Waals surface area contributed by atoms with Gasteiger partial charge in [0.05, 0.1) is 0 Å². The zero-order chi connectivity index (χ0) is 12.1. The molecule has 1 aromatic rings. The quantitative estimate of drug-likeness (QED) is 0.444. The van der Waals surface area contributed by atoms with Gasteiger partial charge in [-0.3, -0.25) is 0 Å². The van der Waals surface area contributed by atoms with Crippen molar-refractivity contribution in [3.8, 4) is 5.75 Å². The maximum Gasteiger partial charge on any atom is 0.333 e. The van der Waals surface area contributed by atoms with E-state index in [1.165, 1.54) is 11.1 Å². The maximum absolute atomic E-state index is 10.8. The molecule has 3 nitrogen and oxygen atoms in total. The van der Waals surface area contributed by atoms with E-state index < -0.39 is 5.97 Å². The van der Waals surface area contributed by atoms with Gasteiger partial charge in [0.1, 0.15) is 5.75 Å². The molecule has 0 aliphatic heterocycles. The summed E-state index contributed by atoms with van der Waals surface area (Å²) in [6.07, 6.45) is 1.11. The van der Waals surface area contributed by atoms with Crippen LogP contribution in [0.15, 0.2) is 24.8 Å². The minimum absolute atomic E-state index is 0.0891. The van der Waals surface area contributed by atoms with Crippen molar-refractivity contribution < 1.29 is 14.3 Å². The van der Waals surface area contributed by atoms with Crippen LogP contribution in [0.3, 0.4) is 0 Å². The van der Waals surface area contributed by atoms with E-state index in [-0.39, 0.29) is 6.79 Å². The molecule has 0 spiro atoms. The summed E-state index contributed by atoms with van der Waals surface area (Å²) in [7, 11) is 0. The third-order valence-electron chi connectivity index (χ3n) is 2.59. The van der Waals surface area contributed by atoms with Gasteiger partial charge in [-0.05, 0) is 43.5 Å². The zero-order valence-electron chi connectivity index (χ0n) is 9.87. The van der Waals surface area contributed by atoms with Gasteiger partial charge >= 0.3 is 5.97 Å². The fourth-order valence-electron chi connectivity index (χ4n) is 1.30. The van der Waals surface area contributed by atoms with E-state index in [0.717, 1.165) is 17.4 Å². The predicted molar refractivity (Wildman–Crippen MR) is 62.4 cm³/mol. The van der Waals surface area contributed by atoms with Crippen molar-refractivity contribution in [1.29, 1.82) is 0 Å². The largest absolute Gasteiger partial charge is 0.457 e. The van der Waals surface area contributed by atoms with Crippen LogP contribution in [-0.2, 0) is 9.53 Å². The van der Waals surface area contributed by atoms with Crippen molar-refractivity contribution in [3.63, 3.8) is 0 Å². The van der Waals surface area contributed by atoms with Crippen LogP contribution >= 0.6 is 0 Å². The Morgan fingerprint density at radius 3 is 2.62 bits per heavy atom. The Labute approximate surface area is 95.7 Å². The van der Waals surface area contributed by atoms with Gasteiger partial charge in [0.25, 0.3) is 0 Å². The molecule has 0 saturated heterocycles. The lowest BCUT2D eigenvalue weighted by Crippen LogP contribution is -2.08. The number of carbonyl (C=O) groups is 1. The van der Waals surface area contributed by atoms with E-state index in [9.17, 15) is 4.79 Å². The van der Waals surface area contributed by atoms with Gasteiger partial charge in [0.2, 0.25) is 6.79 Å². The first-order valence-corrected chi connectivity index (χ1v) is 5.05. The summed E-state index contributed by atoms with van der Waals surface area (Å²) in [6.45, 7) is 9.27. The number of carbonyl (C=O) groups excluding carboxylic acids is 1. The number of benzene rings is 1. The highest BCUT2D eigenvalue weighted by molar-refractivity contribution is 5.81. The van der Waals surface area contributed by atoms with Crippen molar-refractivity contribution in [2.45, 2.75) is 20.8 Å². The van der Waals surface area contributed by atoms with Crippen LogP contribution in [0.2, 0.25) is 0 Å². The van der Waals surface area contributed by atoms with E-state index in [1.54, 1.807) is 0 Å². The lowest BCUT2D eigenvalue weighted by Gasteiger charge is -2.12. The Hall–Kier alpha value is -1.77. The van der Waals surface area contributed by atoms with Gasteiger partial charge in [-0.1, -0.05) is 12.6 Å². The molecule has 0 bridgehead atoms. The molecule has 1 rings (SSSR count). The Morgan fingerprint density at radius 1 is 1.31 bits per heavy atom. The highest BCUT2D eigenvalue weighted by Gasteiger charge is 2.05. The summed E-state index contributed by atoms with van der Waals surface area (Å²) in [5.74, 6) is 0.251. The van der Waals surface area contributed by atoms with Crippen molar-refractivity contribution in [2.24, 2.45) is 0 Å². The molecular weight excluding hydrogens is 204 g/mol. The van der Waals surface area contributed by atoms with E-state index in [4.69, 9.17) is 9.47 Å². The number of rotatable bonds is 4. The summed E-state index contributed by atoms with van der Waals surface area (Å²) < 4.78 is 10.1. The molecule has 0 heterocycles. The van der Waals surface area contributed by atoms with E-state index in [1.807, 2.05) is 32.9 Å². The molecule has 16 heavy (non-hydrogen) atoms. The minimum atomic E-state index is -0.485. The van der Waals surface area contributed by atoms with Gasteiger partial charge in [-0.2, -0.15) is 0 Å². The number of esters is 1. The van der Waals surface area contributed by atoms with Gasteiger partial charge in [-0.15, -0.1) is 0 Å². The van der Waals surface area contributed by atoms with Crippen LogP contribution < -0.4 is 4.74 Å². The SMILES string of the molecule is C=CC(=O)OCOc1ccc(C)c(C)c1C. The monoisotopic (exact) mass is 220 g/mol. The van der Waals surface area contributed by atoms with Crippen molar-refractivity contribution in [2.75, 3.05) is 6.79 Å². The first kappa shape index (κ1) is 12.3. The summed E-state index contributed by atoms with van der Waals surface area (Å²) in [4.78, 5) is 10.8. The Kier molecular flexibility index (Phi) is 4.11. The van der Waals surface area contributed by atoms with Crippen LogP contribution in [-0.4, -0.2) is 12.8 Å². The molecule has 3 heteroatoms. The minimum Gasteiger partial charge on any atom is -0.457 e. The topological polar surface area (TPSA) is 35.5 Å². The normalized spacial score (nSPS) is 9.69. The molecule has 1 aromatic carbocycles. The molecule has 0 aliphatic rings. The Morgan fingerprint density at radius 2 is 2.00 bits per heavy atom. The molecule has 86 valence electrons. The average molecular weight is 220 g/mol. The van der Waals surface area contributed by atoms with Gasteiger partial charge < -0.3 is 9.47 Å². The van der Waals surface area contributed by atoms with Crippen LogP contribution in [0.4, 0.5) is 0 Å². The molecule has 0 unspecified atom stereocenters. The first-order valence-electron chi connectivity index (χ1n) is 5.05. The van der Waals surface area contributed by atoms with Gasteiger partial charge in [-0.25, -0.2) is 4.79 Å². The van der Waals surface area contributed by atoms with Crippen molar-refractivity contribution >= 4 is 5.97 Å². The van der Waals surface area contributed by atoms with Crippen LogP contribution in [0.5, 0.6) is 5.75 Å². The average Bonchev–Trinajstić information content (AvgIpc) is 2.29. The number of aryl methyl sites for hydroxylation is 1. The number of hydrogen-bond acceptors (Lipinski definition) is 3. The highest BCUT2D eigenvalue weighted by Crippen LogP contribution is 2.23. The number of ether oxygens (including phenoxy) is 2. The second kappa shape index (κ2) is 5.35. The Balaban J connectivity index is 2.65. The lowest BCUT2D eigenvalue weighted by molar-refractivity contribution is -0.144. The molecule has 0 amide bonds. The van der Waals surface area contributed by atoms with Crippen molar-refractivity contribution in [1.82, 2.24) is 0 Å². The summed E-state index contributed by atoms with van der Waals surface area (Å²) in [5, 5.41) is 0. The molecule has 0 N–H and O–H groups in total. The second-order valence-corrected chi connectivity index (χ2v) is 3.56. The van der Waals surface area contributed by atoms with Crippen LogP contribution in [0, 0.1) is 20.8 Å². The third-order valence-corrected chi connectivity index (χ3v) is 2.59. The smallest absolute Gasteiger partial charge is 0.333 e. The van der Waals surface area contributed by atoms with E-state index in [0.29, 0.717) is 0 Å². The second-order valence-electron chi connectivity index (χ2n) is 3.56. The molecular formula is C13H16O3. The summed E-state index contributed by atoms with van der Waals surface area (Å²) >= 11 is 0. The van der Waals surface area contributed by atoms with E-state index >= 15 is 0 Å². The van der Waals surface area contributed by atoms with E-state index in [2.05, 4.69) is 6.58 Å². The fraction of sp³-hybridized carbons (Fsp3) is 0.308. The third kappa shape index (κ3) is 2.86. The molecule has 0 fully saturated rings. The standard InChI is InChI=1S/C13H16O3/c1-5-13(14)16-8-15-12-7-6-9(2)10(3)11(12)4/h5-7H,1,8H2,2-4H3. The Bertz CT molecular complexity index is 408. The highest BCUT2D eigenvalue weighted by atomic mass is 16.7. The first-order chi connectivity index (χ1) is 7.56. The van der Waals surface area contributed by atoms with Crippen LogP contribution in [0.25, 0.3) is 0 Å². The number of hydrogen-bond donors (Lipinski definition) is 0. The van der Waals surface area contributed by atoms with Gasteiger partial charge in [0, 0.05) is 6.08 Å². The lowest BCUT2D eigenvalue weighted by atomic mass is 10.0. The zero-order valence-corrected chi connectivity index (χ0v) is 9.87. The van der Waals surface area contributed by atoms with Gasteiger partial charge in [0.15, 0.2) is 0 Å². The molecule has 0 aromatic heterocycles. The summed E-state index contributed by atoms with van der Waals surface area (Å²) in [5.41, 5.74) is 3.47. The molecule has 0 radical (unpaired) electrons. The molecule has 0 aliphatic carbocycles.